The van der Waals surface area contributed by atoms with Gasteiger partial charge in [-0.1, -0.05) is 53.7 Å². The molecular formula is C26H25ClN4O2S. The SMILES string of the molecule is O=C(NC[C@H](c1cccc(Cl)c1)N1CCCC1)c1oc2ccccc2c1CSc1ncccn1. The van der Waals surface area contributed by atoms with Gasteiger partial charge in [0.2, 0.25) is 0 Å². The molecule has 1 aliphatic heterocycles. The average molecular weight is 493 g/mol. The van der Waals surface area contributed by atoms with Crippen molar-refractivity contribution in [3.05, 3.63) is 88.9 Å². The van der Waals surface area contributed by atoms with Gasteiger partial charge in [-0.25, -0.2) is 9.97 Å². The van der Waals surface area contributed by atoms with E-state index in [4.69, 9.17) is 16.0 Å². The molecule has 2 aromatic carbocycles. The average Bonchev–Trinajstić information content (AvgIpc) is 3.52. The lowest BCUT2D eigenvalue weighted by molar-refractivity contribution is 0.0911. The van der Waals surface area contributed by atoms with Gasteiger partial charge in [0.05, 0.1) is 6.04 Å². The molecule has 3 heterocycles. The minimum Gasteiger partial charge on any atom is -0.451 e. The maximum Gasteiger partial charge on any atom is 0.287 e. The highest BCUT2D eigenvalue weighted by molar-refractivity contribution is 7.98. The van der Waals surface area contributed by atoms with Gasteiger partial charge in [0.1, 0.15) is 5.58 Å². The van der Waals surface area contributed by atoms with Gasteiger partial charge >= 0.3 is 0 Å². The zero-order valence-electron chi connectivity index (χ0n) is 18.6. The largest absolute Gasteiger partial charge is 0.451 e. The van der Waals surface area contributed by atoms with Crippen molar-refractivity contribution in [3.8, 4) is 0 Å². The molecule has 1 N–H and O–H groups in total. The van der Waals surface area contributed by atoms with Crippen LogP contribution in [0.5, 0.6) is 0 Å². The Labute approximate surface area is 207 Å². The first kappa shape index (κ1) is 22.9. The summed E-state index contributed by atoms with van der Waals surface area (Å²) in [5, 5.41) is 5.43. The maximum absolute atomic E-state index is 13.4. The number of furan rings is 1. The van der Waals surface area contributed by atoms with Crippen LogP contribution in [0.15, 0.2) is 76.6 Å². The number of amides is 1. The number of para-hydroxylation sites is 1. The molecular weight excluding hydrogens is 468 g/mol. The molecule has 0 unspecified atom stereocenters. The summed E-state index contributed by atoms with van der Waals surface area (Å²) in [6, 6.07) is 17.5. The summed E-state index contributed by atoms with van der Waals surface area (Å²) in [4.78, 5) is 24.3. The van der Waals surface area contributed by atoms with Crippen molar-refractivity contribution in [2.75, 3.05) is 19.6 Å². The number of carbonyl (C=O) groups excluding carboxylic acids is 1. The molecule has 1 aliphatic rings. The molecule has 0 aliphatic carbocycles. The monoisotopic (exact) mass is 492 g/mol. The van der Waals surface area contributed by atoms with Crippen molar-refractivity contribution in [3.63, 3.8) is 0 Å². The van der Waals surface area contributed by atoms with Crippen LogP contribution >= 0.6 is 23.4 Å². The Balaban J connectivity index is 1.38. The third kappa shape index (κ3) is 5.12. The number of benzene rings is 2. The standard InChI is InChI=1S/C26H25ClN4O2S/c27-19-8-5-7-18(15-19)22(31-13-3-4-14-31)16-30-25(32)24-21(17-34-26-28-11-6-12-29-26)20-9-1-2-10-23(20)33-24/h1-2,5-12,15,22H,3-4,13-14,16-17H2,(H,30,32)/t22-/m1/s1. The zero-order chi connectivity index (χ0) is 23.3. The summed E-state index contributed by atoms with van der Waals surface area (Å²) in [6.07, 6.45) is 5.75. The molecule has 1 fully saturated rings. The summed E-state index contributed by atoms with van der Waals surface area (Å²) in [5.74, 6) is 0.663. The van der Waals surface area contributed by atoms with E-state index in [1.165, 1.54) is 11.8 Å². The van der Waals surface area contributed by atoms with E-state index in [1.807, 2.05) is 42.5 Å². The van der Waals surface area contributed by atoms with Crippen LogP contribution in [-0.4, -0.2) is 40.4 Å². The zero-order valence-corrected chi connectivity index (χ0v) is 20.2. The third-order valence-electron chi connectivity index (χ3n) is 6.06. The number of fused-ring (bicyclic) bond motifs is 1. The molecule has 1 amide bonds. The number of nitrogens with zero attached hydrogens (tertiary/aromatic N) is 3. The highest BCUT2D eigenvalue weighted by atomic mass is 35.5. The van der Waals surface area contributed by atoms with Crippen LogP contribution in [0.1, 0.15) is 40.6 Å². The van der Waals surface area contributed by atoms with Gasteiger partial charge in [0.15, 0.2) is 10.9 Å². The number of carbonyl (C=O) groups is 1. The van der Waals surface area contributed by atoms with Gasteiger partial charge in [-0.05, 0) is 55.8 Å². The number of hydrogen-bond donors (Lipinski definition) is 1. The predicted molar refractivity (Wildman–Crippen MR) is 135 cm³/mol. The molecule has 8 heteroatoms. The van der Waals surface area contributed by atoms with Crippen LogP contribution < -0.4 is 5.32 Å². The van der Waals surface area contributed by atoms with Crippen molar-refractivity contribution in [1.82, 2.24) is 20.2 Å². The molecule has 174 valence electrons. The van der Waals surface area contributed by atoms with Crippen molar-refractivity contribution >= 4 is 40.2 Å². The molecule has 34 heavy (non-hydrogen) atoms. The normalized spacial score (nSPS) is 15.0. The molecule has 1 atom stereocenters. The van der Waals surface area contributed by atoms with Gasteiger partial charge in [-0.3, -0.25) is 9.69 Å². The molecule has 1 saturated heterocycles. The lowest BCUT2D eigenvalue weighted by Gasteiger charge is -2.28. The molecule has 4 aromatic rings. The molecule has 0 spiro atoms. The predicted octanol–water partition coefficient (Wildman–Crippen LogP) is 5.74. The van der Waals surface area contributed by atoms with Gasteiger partial charge in [-0.2, -0.15) is 0 Å². The van der Waals surface area contributed by atoms with Gasteiger partial charge in [0.25, 0.3) is 5.91 Å². The van der Waals surface area contributed by atoms with E-state index in [-0.39, 0.29) is 11.9 Å². The van der Waals surface area contributed by atoms with E-state index >= 15 is 0 Å². The second kappa shape index (κ2) is 10.6. The molecule has 6 nitrogen and oxygen atoms in total. The smallest absolute Gasteiger partial charge is 0.287 e. The summed E-state index contributed by atoms with van der Waals surface area (Å²) in [5.41, 5.74) is 2.66. The molecule has 5 rings (SSSR count). The van der Waals surface area contributed by atoms with Crippen LogP contribution in [0.25, 0.3) is 11.0 Å². The lowest BCUT2D eigenvalue weighted by Crippen LogP contribution is -2.37. The number of hydrogen-bond acceptors (Lipinski definition) is 6. The van der Waals surface area contributed by atoms with Gasteiger partial charge < -0.3 is 9.73 Å². The van der Waals surface area contributed by atoms with E-state index in [9.17, 15) is 4.79 Å². The first-order valence-corrected chi connectivity index (χ1v) is 12.7. The quantitative estimate of drug-likeness (QED) is 0.250. The highest BCUT2D eigenvalue weighted by Gasteiger charge is 2.26. The van der Waals surface area contributed by atoms with E-state index in [0.717, 1.165) is 42.4 Å². The molecule has 2 aromatic heterocycles. The number of halogens is 1. The Morgan fingerprint density at radius 1 is 1.09 bits per heavy atom. The Morgan fingerprint density at radius 2 is 1.88 bits per heavy atom. The van der Waals surface area contributed by atoms with E-state index in [0.29, 0.717) is 33.8 Å². The fraction of sp³-hybridized carbons (Fsp3) is 0.269. The first-order chi connectivity index (χ1) is 16.7. The summed E-state index contributed by atoms with van der Waals surface area (Å²) in [6.45, 7) is 2.50. The number of likely N-dealkylation sites (tertiary alicyclic amines) is 1. The molecule has 0 saturated carbocycles. The third-order valence-corrected chi connectivity index (χ3v) is 7.20. The fourth-order valence-corrected chi connectivity index (χ4v) is 5.45. The second-order valence-corrected chi connectivity index (χ2v) is 9.63. The van der Waals surface area contributed by atoms with Crippen molar-refractivity contribution < 1.29 is 9.21 Å². The van der Waals surface area contributed by atoms with Crippen molar-refractivity contribution in [2.45, 2.75) is 29.8 Å². The fourth-order valence-electron chi connectivity index (χ4n) is 4.42. The topological polar surface area (TPSA) is 71.3 Å². The summed E-state index contributed by atoms with van der Waals surface area (Å²) >= 11 is 7.75. The van der Waals surface area contributed by atoms with Crippen LogP contribution in [0.2, 0.25) is 5.02 Å². The Morgan fingerprint density at radius 3 is 2.68 bits per heavy atom. The van der Waals surface area contributed by atoms with Crippen molar-refractivity contribution in [2.24, 2.45) is 0 Å². The second-order valence-electron chi connectivity index (χ2n) is 8.25. The summed E-state index contributed by atoms with van der Waals surface area (Å²) < 4.78 is 6.03. The number of rotatable bonds is 8. The van der Waals surface area contributed by atoms with E-state index < -0.39 is 0 Å². The maximum atomic E-state index is 13.4. The van der Waals surface area contributed by atoms with Gasteiger partial charge in [-0.15, -0.1) is 0 Å². The van der Waals surface area contributed by atoms with E-state index in [1.54, 1.807) is 18.5 Å². The summed E-state index contributed by atoms with van der Waals surface area (Å²) in [7, 11) is 0. The number of nitrogens with one attached hydrogen (secondary N) is 1. The minimum absolute atomic E-state index is 0.0603. The minimum atomic E-state index is -0.216. The Kier molecular flexibility index (Phi) is 7.13. The van der Waals surface area contributed by atoms with Crippen LogP contribution in [0, 0.1) is 0 Å². The highest BCUT2D eigenvalue weighted by Crippen LogP contribution is 2.31. The lowest BCUT2D eigenvalue weighted by atomic mass is 10.1. The molecule has 0 bridgehead atoms. The van der Waals surface area contributed by atoms with E-state index in [2.05, 4.69) is 26.3 Å². The molecule has 0 radical (unpaired) electrons. The van der Waals surface area contributed by atoms with Gasteiger partial charge in [0, 0.05) is 40.7 Å². The number of aromatic nitrogens is 2. The van der Waals surface area contributed by atoms with Crippen LogP contribution in [0.3, 0.4) is 0 Å². The van der Waals surface area contributed by atoms with Crippen LogP contribution in [-0.2, 0) is 5.75 Å². The van der Waals surface area contributed by atoms with Crippen molar-refractivity contribution in [1.29, 1.82) is 0 Å². The first-order valence-electron chi connectivity index (χ1n) is 11.4. The Hall–Kier alpha value is -2.87. The Bertz CT molecular complexity index is 1270. The number of thioether (sulfide) groups is 1. The van der Waals surface area contributed by atoms with Crippen LogP contribution in [0.4, 0.5) is 0 Å².